The third-order valence-electron chi connectivity index (χ3n) is 3.80. The van der Waals surface area contributed by atoms with Gasteiger partial charge in [-0.25, -0.2) is 5.43 Å². The molecule has 9 heteroatoms. The van der Waals surface area contributed by atoms with Crippen LogP contribution < -0.4 is 5.43 Å². The summed E-state index contributed by atoms with van der Waals surface area (Å²) in [7, 11) is 0. The molecule has 1 N–H and O–H groups in total. The van der Waals surface area contributed by atoms with Crippen LogP contribution in [0.2, 0.25) is 5.02 Å². The van der Waals surface area contributed by atoms with Gasteiger partial charge in [-0.2, -0.15) is 18.3 Å². The normalized spacial score (nSPS) is 11.7. The minimum absolute atomic E-state index is 0.160. The molecule has 0 saturated carbocycles. The van der Waals surface area contributed by atoms with E-state index >= 15 is 0 Å². The van der Waals surface area contributed by atoms with E-state index in [4.69, 9.17) is 11.6 Å². The molecule has 3 aromatic rings. The van der Waals surface area contributed by atoms with E-state index in [1.165, 1.54) is 24.0 Å². The second kappa shape index (κ2) is 9.19. The number of nitrogens with one attached hydrogen (secondary N) is 1. The Balaban J connectivity index is 1.62. The lowest BCUT2D eigenvalue weighted by Crippen LogP contribution is -2.19. The topological polar surface area (TPSA) is 46.4 Å². The van der Waals surface area contributed by atoms with Gasteiger partial charge in [0.25, 0.3) is 0 Å². The van der Waals surface area contributed by atoms with Crippen LogP contribution >= 0.6 is 23.4 Å². The molecular weight excluding hydrogens is 423 g/mol. The Morgan fingerprint density at radius 1 is 1.14 bits per heavy atom. The van der Waals surface area contributed by atoms with Crippen LogP contribution in [0.5, 0.6) is 0 Å². The molecular formula is C20H15ClF3N3OS. The van der Waals surface area contributed by atoms with Crippen molar-refractivity contribution >= 4 is 35.5 Å². The Bertz CT molecular complexity index is 1020. The van der Waals surface area contributed by atoms with Gasteiger partial charge >= 0.3 is 6.18 Å². The van der Waals surface area contributed by atoms with E-state index in [0.29, 0.717) is 16.4 Å². The summed E-state index contributed by atoms with van der Waals surface area (Å²) in [6.07, 6.45) is -1.42. The third kappa shape index (κ3) is 5.88. The molecule has 0 spiro atoms. The first-order chi connectivity index (χ1) is 13.8. The number of hydrazone groups is 1. The van der Waals surface area contributed by atoms with Crippen molar-refractivity contribution in [2.45, 2.75) is 11.1 Å². The van der Waals surface area contributed by atoms with Gasteiger partial charge in [0.2, 0.25) is 5.91 Å². The Morgan fingerprint density at radius 3 is 2.62 bits per heavy atom. The van der Waals surface area contributed by atoms with Gasteiger partial charge in [0.05, 0.1) is 23.2 Å². The molecule has 0 radical (unpaired) electrons. The largest absolute Gasteiger partial charge is 0.416 e. The average molecular weight is 438 g/mol. The molecule has 0 saturated heterocycles. The Kier molecular flexibility index (Phi) is 6.66. The SMILES string of the molecule is O=C(CSc1ccc(Cl)cc1)N/N=C\c1cccn1-c1cccc(C(F)(F)F)c1. The highest BCUT2D eigenvalue weighted by molar-refractivity contribution is 8.00. The maximum Gasteiger partial charge on any atom is 0.416 e. The van der Waals surface area contributed by atoms with Crippen molar-refractivity contribution in [1.29, 1.82) is 0 Å². The molecule has 2 aromatic carbocycles. The average Bonchev–Trinajstić information content (AvgIpc) is 3.15. The van der Waals surface area contributed by atoms with Crippen molar-refractivity contribution in [2.24, 2.45) is 5.10 Å². The Hall–Kier alpha value is -2.71. The Morgan fingerprint density at radius 2 is 1.90 bits per heavy atom. The number of hydrogen-bond donors (Lipinski definition) is 1. The van der Waals surface area contributed by atoms with E-state index < -0.39 is 11.7 Å². The minimum Gasteiger partial charge on any atom is -0.316 e. The number of hydrogen-bond acceptors (Lipinski definition) is 3. The van der Waals surface area contributed by atoms with Gasteiger partial charge in [-0.3, -0.25) is 4.79 Å². The summed E-state index contributed by atoms with van der Waals surface area (Å²) >= 11 is 7.15. The minimum atomic E-state index is -4.42. The van der Waals surface area contributed by atoms with Gasteiger partial charge in [0.1, 0.15) is 0 Å². The predicted molar refractivity (Wildman–Crippen MR) is 109 cm³/mol. The molecule has 29 heavy (non-hydrogen) atoms. The molecule has 0 aliphatic heterocycles. The predicted octanol–water partition coefficient (Wildman–Crippen LogP) is 5.39. The molecule has 3 rings (SSSR count). The smallest absolute Gasteiger partial charge is 0.316 e. The lowest BCUT2D eigenvalue weighted by Gasteiger charge is -2.11. The number of carbonyl (C=O) groups excluding carboxylic acids is 1. The first kappa shape index (κ1) is 21.0. The maximum absolute atomic E-state index is 12.9. The van der Waals surface area contributed by atoms with Crippen molar-refractivity contribution in [2.75, 3.05) is 5.75 Å². The van der Waals surface area contributed by atoms with Gasteiger partial charge in [-0.1, -0.05) is 17.7 Å². The summed E-state index contributed by atoms with van der Waals surface area (Å²) in [6.45, 7) is 0. The zero-order valence-corrected chi connectivity index (χ0v) is 16.4. The number of benzene rings is 2. The van der Waals surface area contributed by atoms with Crippen LogP contribution in [-0.2, 0) is 11.0 Å². The van der Waals surface area contributed by atoms with Crippen LogP contribution in [0.15, 0.2) is 76.9 Å². The van der Waals surface area contributed by atoms with Gasteiger partial charge in [-0.05, 0) is 54.6 Å². The van der Waals surface area contributed by atoms with E-state index in [2.05, 4.69) is 10.5 Å². The molecule has 1 amide bonds. The molecule has 1 aromatic heterocycles. The van der Waals surface area contributed by atoms with Crippen molar-refractivity contribution in [1.82, 2.24) is 9.99 Å². The molecule has 150 valence electrons. The first-order valence-corrected chi connectivity index (χ1v) is 9.74. The van der Waals surface area contributed by atoms with Crippen LogP contribution in [0.1, 0.15) is 11.3 Å². The molecule has 4 nitrogen and oxygen atoms in total. The lowest BCUT2D eigenvalue weighted by atomic mass is 10.2. The molecule has 0 bridgehead atoms. The Labute approximate surface area is 174 Å². The van der Waals surface area contributed by atoms with Crippen LogP contribution in [0.4, 0.5) is 13.2 Å². The highest BCUT2D eigenvalue weighted by Gasteiger charge is 2.30. The van der Waals surface area contributed by atoms with Crippen molar-refractivity contribution in [3.63, 3.8) is 0 Å². The monoisotopic (exact) mass is 437 g/mol. The van der Waals surface area contributed by atoms with E-state index in [-0.39, 0.29) is 11.7 Å². The number of aromatic nitrogens is 1. The molecule has 0 aliphatic carbocycles. The van der Waals surface area contributed by atoms with Crippen molar-refractivity contribution in [3.8, 4) is 5.69 Å². The second-order valence-electron chi connectivity index (χ2n) is 5.89. The number of thioether (sulfide) groups is 1. The zero-order valence-electron chi connectivity index (χ0n) is 14.9. The van der Waals surface area contributed by atoms with Crippen molar-refractivity contribution in [3.05, 3.63) is 83.1 Å². The summed E-state index contributed by atoms with van der Waals surface area (Å²) in [5.41, 5.74) is 2.54. The number of halogens is 4. The fourth-order valence-corrected chi connectivity index (χ4v) is 3.27. The van der Waals surface area contributed by atoms with E-state index in [0.717, 1.165) is 17.0 Å². The first-order valence-electron chi connectivity index (χ1n) is 8.38. The molecule has 0 atom stereocenters. The summed E-state index contributed by atoms with van der Waals surface area (Å²) in [5, 5.41) is 4.51. The number of alkyl halides is 3. The van der Waals surface area contributed by atoms with E-state index in [1.54, 1.807) is 41.1 Å². The van der Waals surface area contributed by atoms with Crippen LogP contribution in [0, 0.1) is 0 Å². The standard InChI is InChI=1S/C20H15ClF3N3OS/c21-15-6-8-18(9-7-15)29-13-19(28)26-25-12-17-5-2-10-27(17)16-4-1-3-14(11-16)20(22,23)24/h1-12H,13H2,(H,26,28)/b25-12-. The number of nitrogens with zero attached hydrogens (tertiary/aromatic N) is 2. The van der Waals surface area contributed by atoms with Crippen LogP contribution in [-0.4, -0.2) is 22.4 Å². The molecule has 0 unspecified atom stereocenters. The number of carbonyl (C=O) groups is 1. The highest BCUT2D eigenvalue weighted by Crippen LogP contribution is 2.30. The molecule has 1 heterocycles. The zero-order chi connectivity index (χ0) is 20.9. The van der Waals surface area contributed by atoms with Gasteiger partial charge < -0.3 is 4.57 Å². The van der Waals surface area contributed by atoms with Gasteiger partial charge in [0.15, 0.2) is 0 Å². The second-order valence-corrected chi connectivity index (χ2v) is 7.37. The number of amides is 1. The summed E-state index contributed by atoms with van der Waals surface area (Å²) in [4.78, 5) is 12.8. The summed E-state index contributed by atoms with van der Waals surface area (Å²) < 4.78 is 40.3. The quantitative estimate of drug-likeness (QED) is 0.319. The third-order valence-corrected chi connectivity index (χ3v) is 5.07. The fourth-order valence-electron chi connectivity index (χ4n) is 2.45. The summed E-state index contributed by atoms with van der Waals surface area (Å²) in [5.74, 6) is -0.147. The molecule has 0 aliphatic rings. The maximum atomic E-state index is 12.9. The number of rotatable bonds is 6. The fraction of sp³-hybridized carbons (Fsp3) is 0.100. The van der Waals surface area contributed by atoms with E-state index in [1.807, 2.05) is 12.1 Å². The van der Waals surface area contributed by atoms with Gasteiger partial charge in [-0.15, -0.1) is 11.8 Å². The lowest BCUT2D eigenvalue weighted by molar-refractivity contribution is -0.137. The molecule has 0 fully saturated rings. The van der Waals surface area contributed by atoms with Crippen molar-refractivity contribution < 1.29 is 18.0 Å². The van der Waals surface area contributed by atoms with Crippen LogP contribution in [0.25, 0.3) is 5.69 Å². The highest BCUT2D eigenvalue weighted by atomic mass is 35.5. The van der Waals surface area contributed by atoms with Crippen LogP contribution in [0.3, 0.4) is 0 Å². The van der Waals surface area contributed by atoms with Gasteiger partial charge in [0, 0.05) is 21.8 Å². The summed E-state index contributed by atoms with van der Waals surface area (Å²) in [6, 6.07) is 15.4. The van der Waals surface area contributed by atoms with E-state index in [9.17, 15) is 18.0 Å².